The minimum absolute atomic E-state index is 0.414. The Bertz CT molecular complexity index is 1140. The van der Waals surface area contributed by atoms with Crippen LogP contribution in [0.3, 0.4) is 0 Å². The standard InChI is InChI=1S/C19H13BrN2O3S/c1-24-14-6-7-17-11(8-14)9-15(18(23)25-17)16-10-26-19(22-16)21-13-4-2-12(20)3-5-13/h2-10H,1H3,(H,21,22). The number of aromatic nitrogens is 1. The minimum atomic E-state index is -0.414. The van der Waals surface area contributed by atoms with Gasteiger partial charge in [-0.25, -0.2) is 9.78 Å². The van der Waals surface area contributed by atoms with E-state index < -0.39 is 5.63 Å². The number of rotatable bonds is 4. The molecular weight excluding hydrogens is 416 g/mol. The third-order valence-electron chi connectivity index (χ3n) is 3.81. The molecule has 2 aromatic carbocycles. The largest absolute Gasteiger partial charge is 0.497 e. The van der Waals surface area contributed by atoms with Crippen LogP contribution in [0.2, 0.25) is 0 Å². The molecule has 0 aliphatic carbocycles. The zero-order valence-corrected chi connectivity index (χ0v) is 16.1. The smallest absolute Gasteiger partial charge is 0.345 e. The van der Waals surface area contributed by atoms with Gasteiger partial charge < -0.3 is 14.5 Å². The number of methoxy groups -OCH3 is 1. The van der Waals surface area contributed by atoms with E-state index in [1.165, 1.54) is 11.3 Å². The molecule has 7 heteroatoms. The summed E-state index contributed by atoms with van der Waals surface area (Å²) in [5.41, 5.74) is 2.02. The van der Waals surface area contributed by atoms with Gasteiger partial charge in [-0.15, -0.1) is 11.3 Å². The first-order valence-corrected chi connectivity index (χ1v) is 9.40. The predicted octanol–water partition coefficient (Wildman–Crippen LogP) is 5.43. The second kappa shape index (κ2) is 6.93. The maximum Gasteiger partial charge on any atom is 0.345 e. The van der Waals surface area contributed by atoms with Gasteiger partial charge in [-0.05, 0) is 48.5 Å². The molecule has 0 spiro atoms. The van der Waals surface area contributed by atoms with Gasteiger partial charge in [0, 0.05) is 20.9 Å². The van der Waals surface area contributed by atoms with Crippen LogP contribution in [0.4, 0.5) is 10.8 Å². The normalized spacial score (nSPS) is 10.8. The van der Waals surface area contributed by atoms with E-state index in [2.05, 4.69) is 26.2 Å². The number of hydrogen-bond donors (Lipinski definition) is 1. The van der Waals surface area contributed by atoms with Crippen LogP contribution in [0.25, 0.3) is 22.2 Å². The number of halogens is 1. The first-order chi connectivity index (χ1) is 12.6. The van der Waals surface area contributed by atoms with Crippen molar-refractivity contribution in [3.05, 3.63) is 68.8 Å². The Morgan fingerprint density at radius 3 is 2.73 bits per heavy atom. The fraction of sp³-hybridized carbons (Fsp3) is 0.0526. The fourth-order valence-corrected chi connectivity index (χ4v) is 3.51. The highest BCUT2D eigenvalue weighted by atomic mass is 79.9. The van der Waals surface area contributed by atoms with Crippen LogP contribution >= 0.6 is 27.3 Å². The summed E-state index contributed by atoms with van der Waals surface area (Å²) in [5, 5.41) is 6.55. The molecule has 4 aromatic rings. The van der Waals surface area contributed by atoms with E-state index in [0.717, 1.165) is 15.5 Å². The van der Waals surface area contributed by atoms with Crippen LogP contribution < -0.4 is 15.7 Å². The van der Waals surface area contributed by atoms with Crippen molar-refractivity contribution in [2.75, 3.05) is 12.4 Å². The molecule has 1 N–H and O–H groups in total. The summed E-state index contributed by atoms with van der Waals surface area (Å²) in [6.45, 7) is 0. The topological polar surface area (TPSA) is 64.4 Å². The lowest BCUT2D eigenvalue weighted by Gasteiger charge is -2.03. The van der Waals surface area contributed by atoms with Crippen molar-refractivity contribution in [1.29, 1.82) is 0 Å². The third kappa shape index (κ3) is 3.36. The van der Waals surface area contributed by atoms with E-state index in [-0.39, 0.29) is 0 Å². The molecule has 0 radical (unpaired) electrons. The monoisotopic (exact) mass is 428 g/mol. The first-order valence-electron chi connectivity index (χ1n) is 7.73. The number of ether oxygens (including phenoxy) is 1. The Morgan fingerprint density at radius 2 is 1.96 bits per heavy atom. The maximum absolute atomic E-state index is 12.3. The molecule has 0 saturated heterocycles. The van der Waals surface area contributed by atoms with E-state index in [1.807, 2.05) is 35.7 Å². The van der Waals surface area contributed by atoms with Gasteiger partial charge in [0.2, 0.25) is 0 Å². The number of hydrogen-bond acceptors (Lipinski definition) is 6. The van der Waals surface area contributed by atoms with Gasteiger partial charge in [-0.3, -0.25) is 0 Å². The van der Waals surface area contributed by atoms with Crippen molar-refractivity contribution in [3.8, 4) is 17.0 Å². The van der Waals surface area contributed by atoms with Gasteiger partial charge in [0.05, 0.1) is 18.4 Å². The second-order valence-corrected chi connectivity index (χ2v) is 7.29. The summed E-state index contributed by atoms with van der Waals surface area (Å²) < 4.78 is 11.7. The Labute approximate surface area is 161 Å². The number of nitrogens with zero attached hydrogens (tertiary/aromatic N) is 1. The van der Waals surface area contributed by atoms with Crippen LogP contribution in [0, 0.1) is 0 Å². The molecule has 0 unspecified atom stereocenters. The van der Waals surface area contributed by atoms with Crippen molar-refractivity contribution in [1.82, 2.24) is 4.98 Å². The number of benzene rings is 2. The third-order valence-corrected chi connectivity index (χ3v) is 5.10. The molecule has 5 nitrogen and oxygen atoms in total. The number of anilines is 2. The van der Waals surface area contributed by atoms with Crippen molar-refractivity contribution in [2.45, 2.75) is 0 Å². The maximum atomic E-state index is 12.3. The van der Waals surface area contributed by atoms with E-state index in [1.54, 1.807) is 25.3 Å². The molecule has 0 aliphatic rings. The molecule has 0 saturated carbocycles. The Morgan fingerprint density at radius 1 is 1.15 bits per heavy atom. The molecule has 0 atom stereocenters. The SMILES string of the molecule is COc1ccc2oc(=O)c(-c3csc(Nc4ccc(Br)cc4)n3)cc2c1. The number of fused-ring (bicyclic) bond motifs is 1. The molecule has 2 heterocycles. The summed E-state index contributed by atoms with van der Waals surface area (Å²) in [5.74, 6) is 0.702. The Kier molecular flexibility index (Phi) is 4.48. The molecule has 2 aromatic heterocycles. The molecular formula is C19H13BrN2O3S. The zero-order valence-electron chi connectivity index (χ0n) is 13.7. The number of thiazole rings is 1. The highest BCUT2D eigenvalue weighted by molar-refractivity contribution is 9.10. The molecule has 0 bridgehead atoms. The van der Waals surface area contributed by atoms with Crippen molar-refractivity contribution in [2.24, 2.45) is 0 Å². The second-order valence-electron chi connectivity index (χ2n) is 5.52. The van der Waals surface area contributed by atoms with E-state index in [4.69, 9.17) is 9.15 Å². The lowest BCUT2D eigenvalue weighted by Crippen LogP contribution is -2.03. The average molecular weight is 429 g/mol. The highest BCUT2D eigenvalue weighted by Crippen LogP contribution is 2.28. The summed E-state index contributed by atoms with van der Waals surface area (Å²) >= 11 is 4.83. The van der Waals surface area contributed by atoms with Crippen LogP contribution in [-0.2, 0) is 0 Å². The zero-order chi connectivity index (χ0) is 18.1. The fourth-order valence-electron chi connectivity index (χ4n) is 2.52. The van der Waals surface area contributed by atoms with Gasteiger partial charge in [-0.2, -0.15) is 0 Å². The first kappa shape index (κ1) is 16.8. The van der Waals surface area contributed by atoms with Crippen molar-refractivity contribution in [3.63, 3.8) is 0 Å². The van der Waals surface area contributed by atoms with Crippen LogP contribution in [0.1, 0.15) is 0 Å². The van der Waals surface area contributed by atoms with Crippen molar-refractivity contribution < 1.29 is 9.15 Å². The van der Waals surface area contributed by atoms with Gasteiger partial charge in [0.15, 0.2) is 5.13 Å². The highest BCUT2D eigenvalue weighted by Gasteiger charge is 2.12. The van der Waals surface area contributed by atoms with Gasteiger partial charge in [0.25, 0.3) is 0 Å². The molecule has 0 aliphatic heterocycles. The van der Waals surface area contributed by atoms with Crippen LogP contribution in [0.5, 0.6) is 5.75 Å². The summed E-state index contributed by atoms with van der Waals surface area (Å²) in [6.07, 6.45) is 0. The Balaban J connectivity index is 1.69. The minimum Gasteiger partial charge on any atom is -0.497 e. The summed E-state index contributed by atoms with van der Waals surface area (Å²) in [7, 11) is 1.60. The van der Waals surface area contributed by atoms with Crippen LogP contribution in [0.15, 0.2) is 67.6 Å². The number of nitrogens with one attached hydrogen (secondary N) is 1. The van der Waals surface area contributed by atoms with Gasteiger partial charge in [0.1, 0.15) is 11.3 Å². The molecule has 0 amide bonds. The lowest BCUT2D eigenvalue weighted by atomic mass is 10.1. The van der Waals surface area contributed by atoms with Crippen LogP contribution in [-0.4, -0.2) is 12.1 Å². The van der Waals surface area contributed by atoms with E-state index in [9.17, 15) is 4.79 Å². The molecule has 26 heavy (non-hydrogen) atoms. The quantitative estimate of drug-likeness (QED) is 0.438. The van der Waals surface area contributed by atoms with E-state index in [0.29, 0.717) is 27.7 Å². The molecule has 130 valence electrons. The average Bonchev–Trinajstić information content (AvgIpc) is 3.11. The molecule has 4 rings (SSSR count). The van der Waals surface area contributed by atoms with Crippen molar-refractivity contribution >= 4 is 49.1 Å². The van der Waals surface area contributed by atoms with Gasteiger partial charge >= 0.3 is 5.63 Å². The predicted molar refractivity (Wildman–Crippen MR) is 108 cm³/mol. The molecule has 0 fully saturated rings. The lowest BCUT2D eigenvalue weighted by molar-refractivity contribution is 0.415. The van der Waals surface area contributed by atoms with Gasteiger partial charge in [-0.1, -0.05) is 15.9 Å². The van der Waals surface area contributed by atoms with E-state index >= 15 is 0 Å². The summed E-state index contributed by atoms with van der Waals surface area (Å²) in [4.78, 5) is 16.8. The summed E-state index contributed by atoms with van der Waals surface area (Å²) in [6, 6.07) is 14.9. The Hall–Kier alpha value is -2.64.